The molecule has 1 aromatic heterocycles. The van der Waals surface area contributed by atoms with Crippen LogP contribution in [0.25, 0.3) is 45.2 Å². The first-order valence-electron chi connectivity index (χ1n) is 18.9. The van der Waals surface area contributed by atoms with Gasteiger partial charge in [-0.2, -0.15) is 0 Å². The van der Waals surface area contributed by atoms with Crippen LogP contribution in [0.4, 0.5) is 0 Å². The van der Waals surface area contributed by atoms with Crippen LogP contribution in [0, 0.1) is 0 Å². The molecule has 1 unspecified atom stereocenters. The fourth-order valence-corrected chi connectivity index (χ4v) is 8.46. The molecule has 1 heterocycles. The highest BCUT2D eigenvalue weighted by molar-refractivity contribution is 5.88. The second kappa shape index (κ2) is 14.5. The van der Waals surface area contributed by atoms with Gasteiger partial charge in [-0.1, -0.05) is 188 Å². The van der Waals surface area contributed by atoms with Crippen LogP contribution in [-0.2, 0) is 5.41 Å². The van der Waals surface area contributed by atoms with Gasteiger partial charge in [0.15, 0.2) is 0 Å². The van der Waals surface area contributed by atoms with Gasteiger partial charge in [0.05, 0.1) is 11.1 Å². The lowest BCUT2D eigenvalue weighted by atomic mass is 9.67. The Kier molecular flexibility index (Phi) is 8.91. The minimum Gasteiger partial charge on any atom is -0.252 e. The summed E-state index contributed by atoms with van der Waals surface area (Å²) < 4.78 is 0. The summed E-state index contributed by atoms with van der Waals surface area (Å²) in [5.74, 6) is 0.263. The third kappa shape index (κ3) is 5.98. The zero-order valence-electron chi connectivity index (χ0n) is 30.4. The third-order valence-corrected chi connectivity index (χ3v) is 11.1. The predicted octanol–water partition coefficient (Wildman–Crippen LogP) is 13.5. The minimum atomic E-state index is -0.386. The van der Waals surface area contributed by atoms with E-state index in [1.807, 2.05) is 0 Å². The summed E-state index contributed by atoms with van der Waals surface area (Å²) in [6.07, 6.45) is 16.4. The fraction of sp³-hybridized carbons (Fsp3) is 0.0755. The van der Waals surface area contributed by atoms with Crippen molar-refractivity contribution in [3.63, 3.8) is 0 Å². The van der Waals surface area contributed by atoms with E-state index < -0.39 is 0 Å². The van der Waals surface area contributed by atoms with Crippen molar-refractivity contribution in [1.82, 2.24) is 4.98 Å². The van der Waals surface area contributed by atoms with Crippen molar-refractivity contribution in [1.29, 1.82) is 0 Å². The Morgan fingerprint density at radius 2 is 1.28 bits per heavy atom. The summed E-state index contributed by atoms with van der Waals surface area (Å²) in [7, 11) is 0. The van der Waals surface area contributed by atoms with Gasteiger partial charge in [-0.15, -0.1) is 0 Å². The second-order valence-corrected chi connectivity index (χ2v) is 14.2. The molecule has 1 heteroatoms. The Morgan fingerprint density at radius 3 is 2.00 bits per heavy atom. The van der Waals surface area contributed by atoms with E-state index in [1.54, 1.807) is 0 Å². The highest BCUT2D eigenvalue weighted by Gasteiger charge is 2.45. The van der Waals surface area contributed by atoms with E-state index in [0.29, 0.717) is 0 Å². The normalized spacial score (nSPS) is 15.6. The van der Waals surface area contributed by atoms with Crippen LogP contribution in [0.3, 0.4) is 0 Å². The molecular formula is C53H41N. The molecule has 0 saturated heterocycles. The molecule has 0 fully saturated rings. The van der Waals surface area contributed by atoms with Gasteiger partial charge in [-0.25, -0.2) is 0 Å². The molecule has 54 heavy (non-hydrogen) atoms. The smallest absolute Gasteiger partial charge is 0.0713 e. The van der Waals surface area contributed by atoms with Crippen molar-refractivity contribution in [2.75, 3.05) is 0 Å². The van der Waals surface area contributed by atoms with E-state index >= 15 is 0 Å². The van der Waals surface area contributed by atoms with Crippen LogP contribution < -0.4 is 0 Å². The van der Waals surface area contributed by atoms with Crippen molar-refractivity contribution < 1.29 is 0 Å². The largest absolute Gasteiger partial charge is 0.252 e. The summed E-state index contributed by atoms with van der Waals surface area (Å²) in [6, 6.07) is 61.9. The zero-order valence-corrected chi connectivity index (χ0v) is 30.4. The Balaban J connectivity index is 1.08. The van der Waals surface area contributed by atoms with Gasteiger partial charge in [0.1, 0.15) is 0 Å². The van der Waals surface area contributed by atoms with Gasteiger partial charge in [0.2, 0.25) is 0 Å². The van der Waals surface area contributed by atoms with Crippen LogP contribution >= 0.6 is 0 Å². The maximum Gasteiger partial charge on any atom is 0.0713 e. The molecule has 0 amide bonds. The lowest BCUT2D eigenvalue weighted by Crippen LogP contribution is -2.28. The first kappa shape index (κ1) is 33.3. The maximum absolute atomic E-state index is 5.16. The summed E-state index contributed by atoms with van der Waals surface area (Å²) >= 11 is 0. The number of hydrogen-bond donors (Lipinski definition) is 0. The molecule has 9 rings (SSSR count). The molecule has 0 aliphatic heterocycles. The summed E-state index contributed by atoms with van der Waals surface area (Å²) in [4.78, 5) is 5.16. The van der Waals surface area contributed by atoms with Gasteiger partial charge >= 0.3 is 0 Å². The quantitative estimate of drug-likeness (QED) is 0.145. The summed E-state index contributed by atoms with van der Waals surface area (Å²) in [5.41, 5.74) is 16.6. The van der Waals surface area contributed by atoms with Crippen molar-refractivity contribution in [3.8, 4) is 33.5 Å². The molecular weight excluding hydrogens is 651 g/mol. The Morgan fingerprint density at radius 1 is 0.593 bits per heavy atom. The minimum absolute atomic E-state index is 0.263. The first-order chi connectivity index (χ1) is 26.7. The van der Waals surface area contributed by atoms with Crippen LogP contribution in [0.2, 0.25) is 0 Å². The number of allylic oxidation sites excluding steroid dienone is 7. The van der Waals surface area contributed by atoms with Crippen molar-refractivity contribution in [2.45, 2.75) is 24.7 Å². The molecule has 0 bridgehead atoms. The summed E-state index contributed by atoms with van der Waals surface area (Å²) in [6.45, 7) is 2.13. The molecule has 7 aromatic rings. The van der Waals surface area contributed by atoms with Gasteiger partial charge in [0, 0.05) is 17.2 Å². The van der Waals surface area contributed by atoms with E-state index in [9.17, 15) is 0 Å². The highest BCUT2D eigenvalue weighted by Crippen LogP contribution is 2.56. The zero-order chi connectivity index (χ0) is 36.3. The number of hydrogen-bond acceptors (Lipinski definition) is 1. The Bertz CT molecular complexity index is 2530. The van der Waals surface area contributed by atoms with E-state index in [4.69, 9.17) is 4.98 Å². The lowest BCUT2D eigenvalue weighted by molar-refractivity contribution is 0.768. The van der Waals surface area contributed by atoms with Crippen LogP contribution in [-0.4, -0.2) is 4.98 Å². The van der Waals surface area contributed by atoms with Gasteiger partial charge in [-0.05, 0) is 98.8 Å². The molecule has 0 saturated carbocycles. The first-order valence-corrected chi connectivity index (χ1v) is 18.9. The number of fused-ring (bicyclic) bond motifs is 3. The lowest BCUT2D eigenvalue weighted by Gasteiger charge is -2.33. The number of nitrogens with zero attached hydrogens (tertiary/aromatic N) is 1. The molecule has 0 radical (unpaired) electrons. The van der Waals surface area contributed by atoms with Gasteiger partial charge in [-0.3, -0.25) is 4.98 Å². The fourth-order valence-electron chi connectivity index (χ4n) is 8.46. The SMILES string of the molecule is C/C=C(\C=C\c1ccc2c(c1)-c1ccccc1C2(c1ccccc1)c1ccccc1)c1cccc(-c2cc(-c3ccccc3)nc(C3C=CC=CC3)c2)c1. The predicted molar refractivity (Wildman–Crippen MR) is 227 cm³/mol. The topological polar surface area (TPSA) is 12.9 Å². The summed E-state index contributed by atoms with van der Waals surface area (Å²) in [5, 5.41) is 0. The molecule has 1 atom stereocenters. The van der Waals surface area contributed by atoms with E-state index in [1.165, 1.54) is 61.2 Å². The number of rotatable bonds is 8. The third-order valence-electron chi connectivity index (χ3n) is 11.1. The highest BCUT2D eigenvalue weighted by atomic mass is 14.7. The van der Waals surface area contributed by atoms with E-state index in [0.717, 1.165) is 23.4 Å². The molecule has 258 valence electrons. The average Bonchev–Trinajstić information content (AvgIpc) is 3.55. The van der Waals surface area contributed by atoms with Crippen LogP contribution in [0.5, 0.6) is 0 Å². The average molecular weight is 692 g/mol. The Labute approximate surface area is 319 Å². The standard InChI is InChI=1S/C53H41N/c1-2-39(42-22-17-23-43(35-42)44-36-51(40-18-7-3-8-19-40)54-52(37-44)41-20-9-4-10-21-41)32-30-38-31-33-50-48(34-38)47-28-15-16-29-49(47)53(50,45-24-11-5-12-25-45)46-26-13-6-14-27-46/h2-20,22-37,41H,21H2,1H3/b32-30+,39-2+. The van der Waals surface area contributed by atoms with Crippen molar-refractivity contribution >= 4 is 11.6 Å². The van der Waals surface area contributed by atoms with Crippen molar-refractivity contribution in [2.24, 2.45) is 0 Å². The molecule has 0 N–H and O–H groups in total. The van der Waals surface area contributed by atoms with Crippen molar-refractivity contribution in [3.05, 3.63) is 245 Å². The van der Waals surface area contributed by atoms with Gasteiger partial charge < -0.3 is 0 Å². The number of pyridine rings is 1. The molecule has 1 nitrogen and oxygen atoms in total. The molecule has 2 aliphatic rings. The monoisotopic (exact) mass is 691 g/mol. The van der Waals surface area contributed by atoms with Gasteiger partial charge in [0.25, 0.3) is 0 Å². The maximum atomic E-state index is 5.16. The second-order valence-electron chi connectivity index (χ2n) is 14.2. The molecule has 0 spiro atoms. The van der Waals surface area contributed by atoms with Crippen LogP contribution in [0.15, 0.2) is 206 Å². The van der Waals surface area contributed by atoms with E-state index in [-0.39, 0.29) is 11.3 Å². The number of benzene rings is 6. The molecule has 6 aromatic carbocycles. The van der Waals surface area contributed by atoms with E-state index in [2.05, 4.69) is 219 Å². The Hall–Kier alpha value is -6.57. The van der Waals surface area contributed by atoms with Crippen LogP contribution in [0.1, 0.15) is 58.3 Å². The number of aromatic nitrogens is 1. The molecule has 2 aliphatic carbocycles.